The van der Waals surface area contributed by atoms with Crippen LogP contribution >= 0.6 is 0 Å². The Labute approximate surface area is 206 Å². The van der Waals surface area contributed by atoms with Gasteiger partial charge in [0.25, 0.3) is 5.91 Å². The average molecular weight is 482 g/mol. The van der Waals surface area contributed by atoms with Crippen LogP contribution in [-0.4, -0.2) is 28.8 Å². The second-order valence-electron chi connectivity index (χ2n) is 8.65. The van der Waals surface area contributed by atoms with Crippen LogP contribution in [0.25, 0.3) is 10.8 Å². The van der Waals surface area contributed by atoms with Crippen LogP contribution in [0.15, 0.2) is 84.9 Å². The lowest BCUT2D eigenvalue weighted by Crippen LogP contribution is -2.41. The zero-order valence-corrected chi connectivity index (χ0v) is 19.4. The van der Waals surface area contributed by atoms with Gasteiger partial charge in [-0.1, -0.05) is 60.7 Å². The van der Waals surface area contributed by atoms with E-state index in [1.165, 1.54) is 24.1 Å². The second-order valence-corrected chi connectivity index (χ2v) is 8.65. The largest absolute Gasteiger partial charge is 0.490 e. The summed E-state index contributed by atoms with van der Waals surface area (Å²) in [5, 5.41) is 25.0. The average Bonchev–Trinajstić information content (AvgIpc) is 3.10. The summed E-state index contributed by atoms with van der Waals surface area (Å²) in [5.74, 6) is -1.20. The molecule has 1 aliphatic rings. The minimum Gasteiger partial charge on any atom is -0.490 e. The van der Waals surface area contributed by atoms with Crippen molar-refractivity contribution in [3.63, 3.8) is 0 Å². The van der Waals surface area contributed by atoms with Crippen LogP contribution < -0.4 is 9.64 Å². The number of nitro benzene ring substituents is 1. The van der Waals surface area contributed by atoms with Crippen LogP contribution in [0.3, 0.4) is 0 Å². The van der Waals surface area contributed by atoms with Crippen LogP contribution in [0.1, 0.15) is 27.9 Å². The lowest BCUT2D eigenvalue weighted by atomic mass is 9.88. The van der Waals surface area contributed by atoms with Gasteiger partial charge in [0.1, 0.15) is 0 Å². The van der Waals surface area contributed by atoms with Crippen LogP contribution in [0.5, 0.6) is 5.75 Å². The number of methoxy groups -OCH3 is 1. The molecule has 1 heterocycles. The molecule has 0 saturated heterocycles. The lowest BCUT2D eigenvalue weighted by Gasteiger charge is -2.23. The predicted octanol–water partition coefficient (Wildman–Crippen LogP) is 4.76. The van der Waals surface area contributed by atoms with E-state index in [9.17, 15) is 24.8 Å². The highest BCUT2D eigenvalue weighted by Gasteiger charge is 2.50. The van der Waals surface area contributed by atoms with E-state index in [0.29, 0.717) is 11.3 Å². The molecule has 1 aliphatic heterocycles. The summed E-state index contributed by atoms with van der Waals surface area (Å²) in [6.07, 6.45) is -0.557. The van der Waals surface area contributed by atoms with Gasteiger partial charge in [0.2, 0.25) is 0 Å². The third kappa shape index (κ3) is 3.77. The van der Waals surface area contributed by atoms with E-state index in [4.69, 9.17) is 4.74 Å². The van der Waals surface area contributed by atoms with Gasteiger partial charge in [-0.25, -0.2) is 0 Å². The zero-order chi connectivity index (χ0) is 25.4. The van der Waals surface area contributed by atoms with Gasteiger partial charge in [-0.2, -0.15) is 0 Å². The minimum atomic E-state index is -2.10. The molecule has 0 spiro atoms. The first-order chi connectivity index (χ1) is 17.3. The van der Waals surface area contributed by atoms with Crippen molar-refractivity contribution in [2.24, 2.45) is 0 Å². The molecule has 0 bridgehead atoms. The number of hydrogen-bond donors (Lipinski definition) is 1. The minimum absolute atomic E-state index is 0.00806. The Kier molecular flexibility index (Phi) is 5.74. The molecular weight excluding hydrogens is 460 g/mol. The summed E-state index contributed by atoms with van der Waals surface area (Å²) in [6.45, 7) is 0.210. The molecular formula is C28H22N2O6. The maximum absolute atomic E-state index is 13.7. The number of rotatable bonds is 7. The van der Waals surface area contributed by atoms with Gasteiger partial charge >= 0.3 is 5.69 Å². The fraction of sp³-hybridized carbons (Fsp3) is 0.143. The maximum Gasteiger partial charge on any atom is 0.311 e. The molecule has 0 radical (unpaired) electrons. The number of carbonyl (C=O) groups excluding carboxylic acids is 2. The van der Waals surface area contributed by atoms with Crippen molar-refractivity contribution in [1.82, 2.24) is 0 Å². The molecule has 4 aromatic carbocycles. The fourth-order valence-electron chi connectivity index (χ4n) is 4.78. The third-order valence-corrected chi connectivity index (χ3v) is 6.56. The van der Waals surface area contributed by atoms with Crippen LogP contribution in [-0.2, 0) is 16.9 Å². The molecule has 5 rings (SSSR count). The first kappa shape index (κ1) is 23.2. The number of amides is 1. The van der Waals surface area contributed by atoms with Crippen LogP contribution in [0, 0.1) is 10.1 Å². The van der Waals surface area contributed by atoms with Gasteiger partial charge in [-0.15, -0.1) is 0 Å². The molecule has 0 aromatic heterocycles. The second kappa shape index (κ2) is 8.90. The van der Waals surface area contributed by atoms with Crippen molar-refractivity contribution < 1.29 is 24.4 Å². The highest BCUT2D eigenvalue weighted by Crippen LogP contribution is 2.44. The van der Waals surface area contributed by atoms with E-state index in [1.807, 2.05) is 42.5 Å². The Hall–Kier alpha value is -4.56. The van der Waals surface area contributed by atoms with Crippen molar-refractivity contribution in [2.45, 2.75) is 18.6 Å². The van der Waals surface area contributed by atoms with Crippen molar-refractivity contribution >= 4 is 33.8 Å². The van der Waals surface area contributed by atoms with Crippen LogP contribution in [0.2, 0.25) is 0 Å². The van der Waals surface area contributed by atoms with Gasteiger partial charge in [0.15, 0.2) is 17.1 Å². The summed E-state index contributed by atoms with van der Waals surface area (Å²) >= 11 is 0. The summed E-state index contributed by atoms with van der Waals surface area (Å²) < 4.78 is 5.00. The van der Waals surface area contributed by atoms with Crippen molar-refractivity contribution in [2.75, 3.05) is 12.0 Å². The SMILES string of the molecule is COc1ccc(C(=O)CC2(O)C(=O)N(Cc3cccc4ccccc34)c3ccccc32)cc1[N+](=O)[O-]. The molecule has 0 fully saturated rings. The van der Waals surface area contributed by atoms with Gasteiger partial charge < -0.3 is 14.7 Å². The highest BCUT2D eigenvalue weighted by molar-refractivity contribution is 6.11. The number of carbonyl (C=O) groups is 2. The Morgan fingerprint density at radius 3 is 2.53 bits per heavy atom. The molecule has 0 aliphatic carbocycles. The predicted molar refractivity (Wildman–Crippen MR) is 134 cm³/mol. The number of nitro groups is 1. The normalized spacial score (nSPS) is 16.7. The molecule has 8 heteroatoms. The number of benzene rings is 4. The van der Waals surface area contributed by atoms with Crippen molar-refractivity contribution in [1.29, 1.82) is 0 Å². The molecule has 1 N–H and O–H groups in total. The Bertz CT molecular complexity index is 1530. The summed E-state index contributed by atoms with van der Waals surface area (Å²) in [6, 6.07) is 24.3. The number of fused-ring (bicyclic) bond motifs is 2. The molecule has 1 amide bonds. The molecule has 1 unspecified atom stereocenters. The number of ether oxygens (including phenoxy) is 1. The molecule has 4 aromatic rings. The molecule has 8 nitrogen and oxygen atoms in total. The molecule has 36 heavy (non-hydrogen) atoms. The summed E-state index contributed by atoms with van der Waals surface area (Å²) in [5.41, 5.74) is -0.720. The summed E-state index contributed by atoms with van der Waals surface area (Å²) in [7, 11) is 1.30. The Balaban J connectivity index is 1.50. The quantitative estimate of drug-likeness (QED) is 0.231. The van der Waals surface area contributed by atoms with Crippen LogP contribution in [0.4, 0.5) is 11.4 Å². The number of Topliss-reactive ketones (excluding diaryl/α,β-unsaturated/α-hetero) is 1. The zero-order valence-electron chi connectivity index (χ0n) is 19.4. The van der Waals surface area contributed by atoms with Gasteiger partial charge in [-0.05, 0) is 34.5 Å². The Morgan fingerprint density at radius 2 is 1.75 bits per heavy atom. The van der Waals surface area contributed by atoms with Crippen molar-refractivity contribution in [3.8, 4) is 5.75 Å². The lowest BCUT2D eigenvalue weighted by molar-refractivity contribution is -0.385. The fourth-order valence-corrected chi connectivity index (χ4v) is 4.78. The van der Waals surface area contributed by atoms with Gasteiger partial charge in [-0.3, -0.25) is 19.7 Å². The van der Waals surface area contributed by atoms with E-state index >= 15 is 0 Å². The van der Waals surface area contributed by atoms with E-state index in [-0.39, 0.29) is 23.5 Å². The summed E-state index contributed by atoms with van der Waals surface area (Å²) in [4.78, 5) is 39.1. The molecule has 1 atom stereocenters. The number of hydrogen-bond acceptors (Lipinski definition) is 6. The smallest absolute Gasteiger partial charge is 0.311 e. The number of ketones is 1. The maximum atomic E-state index is 13.7. The monoisotopic (exact) mass is 482 g/mol. The van der Waals surface area contributed by atoms with E-state index in [2.05, 4.69) is 0 Å². The number of anilines is 1. The molecule has 0 saturated carbocycles. The van der Waals surface area contributed by atoms with Crippen molar-refractivity contribution in [3.05, 3.63) is 112 Å². The third-order valence-electron chi connectivity index (χ3n) is 6.56. The number of aliphatic hydroxyl groups is 1. The van der Waals surface area contributed by atoms with E-state index in [0.717, 1.165) is 22.4 Å². The van der Waals surface area contributed by atoms with Gasteiger partial charge in [0.05, 0.1) is 30.7 Å². The number of para-hydroxylation sites is 1. The topological polar surface area (TPSA) is 110 Å². The Morgan fingerprint density at radius 1 is 1.03 bits per heavy atom. The first-order valence-electron chi connectivity index (χ1n) is 11.3. The van der Waals surface area contributed by atoms with E-state index < -0.39 is 28.6 Å². The number of nitrogens with zero attached hydrogens (tertiary/aromatic N) is 2. The molecule has 180 valence electrons. The van der Waals surface area contributed by atoms with Gasteiger partial charge in [0, 0.05) is 17.2 Å². The first-order valence-corrected chi connectivity index (χ1v) is 11.3. The highest BCUT2D eigenvalue weighted by atomic mass is 16.6. The standard InChI is InChI=1S/C28H22N2O6/c1-36-26-14-13-19(15-24(26)30(34)35)25(31)16-28(33)22-11-4-5-12-23(22)29(27(28)32)17-20-9-6-8-18-7-2-3-10-21(18)20/h2-15,33H,16-17H2,1H3. The van der Waals surface area contributed by atoms with E-state index in [1.54, 1.807) is 24.3 Å².